The van der Waals surface area contributed by atoms with Gasteiger partial charge in [0, 0.05) is 11.1 Å². The highest BCUT2D eigenvalue weighted by Crippen LogP contribution is 2.15. The van der Waals surface area contributed by atoms with Crippen LogP contribution in [0.5, 0.6) is 0 Å². The van der Waals surface area contributed by atoms with Crippen LogP contribution in [0.4, 0.5) is 4.39 Å². The van der Waals surface area contributed by atoms with E-state index < -0.39 is 0 Å². The summed E-state index contributed by atoms with van der Waals surface area (Å²) in [4.78, 5) is 0. The van der Waals surface area contributed by atoms with Gasteiger partial charge in [-0.2, -0.15) is 0 Å². The number of benzene rings is 1. The number of hydrogen-bond acceptors (Lipinski definition) is 0. The molecule has 100 valence electrons. The van der Waals surface area contributed by atoms with Gasteiger partial charge in [-0.3, -0.25) is 0 Å². The molecule has 1 aromatic carbocycles. The molecule has 0 saturated heterocycles. The van der Waals surface area contributed by atoms with Gasteiger partial charge in [-0.15, -0.1) is 0 Å². The minimum atomic E-state index is -0.196. The quantitative estimate of drug-likeness (QED) is 0.571. The number of hydrogen-bond donors (Lipinski definition) is 0. The molecular formula is C18H21F. The molecule has 0 radical (unpaired) electrons. The van der Waals surface area contributed by atoms with Gasteiger partial charge < -0.3 is 0 Å². The minimum Gasteiger partial charge on any atom is -0.207 e. The van der Waals surface area contributed by atoms with Crippen LogP contribution in [-0.4, -0.2) is 0 Å². The molecule has 0 heterocycles. The molecule has 0 spiro atoms. The first-order chi connectivity index (χ1) is 9.15. The molecule has 0 aromatic heterocycles. The Labute approximate surface area is 116 Å². The average Bonchev–Trinajstić information content (AvgIpc) is 2.44. The lowest BCUT2D eigenvalue weighted by Gasteiger charge is -2.06. The Bertz CT molecular complexity index is 539. The Kier molecular flexibility index (Phi) is 6.09. The van der Waals surface area contributed by atoms with E-state index in [9.17, 15) is 4.39 Å². The maximum Gasteiger partial charge on any atom is 0.127 e. The van der Waals surface area contributed by atoms with Crippen LogP contribution < -0.4 is 0 Å². The molecule has 19 heavy (non-hydrogen) atoms. The van der Waals surface area contributed by atoms with Gasteiger partial charge >= 0.3 is 0 Å². The zero-order chi connectivity index (χ0) is 14.3. The second-order valence-corrected chi connectivity index (χ2v) is 4.45. The molecule has 0 N–H and O–H groups in total. The number of allylic oxidation sites excluding steroid dienone is 4. The molecule has 1 heteroatoms. The summed E-state index contributed by atoms with van der Waals surface area (Å²) < 4.78 is 13.3. The highest BCUT2D eigenvalue weighted by molar-refractivity contribution is 5.46. The monoisotopic (exact) mass is 256 g/mol. The maximum atomic E-state index is 13.3. The Balaban J connectivity index is 0.000000861. The summed E-state index contributed by atoms with van der Waals surface area (Å²) in [6.45, 7) is 7.92. The first-order valence-corrected chi connectivity index (χ1v) is 6.81. The normalized spacial score (nSPS) is 16.7. The number of halogens is 1. The molecule has 0 nitrogen and oxygen atoms in total. The molecule has 0 fully saturated rings. The van der Waals surface area contributed by atoms with Crippen molar-refractivity contribution in [3.63, 3.8) is 0 Å². The van der Waals surface area contributed by atoms with E-state index in [-0.39, 0.29) is 5.82 Å². The van der Waals surface area contributed by atoms with Gasteiger partial charge in [-0.05, 0) is 37.0 Å². The fourth-order valence-corrected chi connectivity index (χ4v) is 1.64. The third-order valence-electron chi connectivity index (χ3n) is 2.84. The van der Waals surface area contributed by atoms with Gasteiger partial charge in [0.15, 0.2) is 0 Å². The van der Waals surface area contributed by atoms with Gasteiger partial charge in [-0.25, -0.2) is 4.39 Å². The number of aryl methyl sites for hydroxylation is 1. The summed E-state index contributed by atoms with van der Waals surface area (Å²) in [5.41, 5.74) is 2.39. The van der Waals surface area contributed by atoms with E-state index in [2.05, 4.69) is 30.9 Å². The predicted molar refractivity (Wildman–Crippen MR) is 80.4 cm³/mol. The largest absolute Gasteiger partial charge is 0.207 e. The van der Waals surface area contributed by atoms with Crippen LogP contribution in [0, 0.1) is 30.5 Å². The Morgan fingerprint density at radius 1 is 1.21 bits per heavy atom. The van der Waals surface area contributed by atoms with Crippen LogP contribution in [0.1, 0.15) is 38.3 Å². The van der Waals surface area contributed by atoms with Crippen molar-refractivity contribution in [1.82, 2.24) is 0 Å². The molecule has 2 rings (SSSR count). The average molecular weight is 256 g/mol. The summed E-state index contributed by atoms with van der Waals surface area (Å²) >= 11 is 0. The van der Waals surface area contributed by atoms with E-state index in [1.165, 1.54) is 6.07 Å². The maximum absolute atomic E-state index is 13.3. The summed E-state index contributed by atoms with van der Waals surface area (Å²) in [6.07, 6.45) is 7.34. The topological polar surface area (TPSA) is 0 Å². The van der Waals surface area contributed by atoms with Crippen molar-refractivity contribution in [1.29, 1.82) is 0 Å². The van der Waals surface area contributed by atoms with Crippen LogP contribution in [0.25, 0.3) is 0 Å². The van der Waals surface area contributed by atoms with Crippen LogP contribution >= 0.6 is 0 Å². The van der Waals surface area contributed by atoms with Crippen LogP contribution in [-0.2, 0) is 0 Å². The summed E-state index contributed by atoms with van der Waals surface area (Å²) in [5.74, 6) is 6.45. The molecule has 0 aliphatic heterocycles. The summed E-state index contributed by atoms with van der Waals surface area (Å²) in [6, 6.07) is 5.09. The highest BCUT2D eigenvalue weighted by atomic mass is 19.1. The van der Waals surface area contributed by atoms with Gasteiger partial charge in [0.1, 0.15) is 5.82 Å². The second-order valence-electron chi connectivity index (χ2n) is 4.45. The molecule has 1 aliphatic rings. The van der Waals surface area contributed by atoms with E-state index in [0.29, 0.717) is 11.5 Å². The van der Waals surface area contributed by atoms with Crippen LogP contribution in [0.15, 0.2) is 42.0 Å². The van der Waals surface area contributed by atoms with Gasteiger partial charge in [0.2, 0.25) is 0 Å². The molecule has 1 unspecified atom stereocenters. The van der Waals surface area contributed by atoms with E-state index in [4.69, 9.17) is 0 Å². The summed E-state index contributed by atoms with van der Waals surface area (Å²) in [5, 5.41) is 0. The zero-order valence-corrected chi connectivity index (χ0v) is 12.1. The van der Waals surface area contributed by atoms with Crippen molar-refractivity contribution in [2.45, 2.75) is 34.1 Å². The van der Waals surface area contributed by atoms with E-state index in [1.54, 1.807) is 13.0 Å². The van der Waals surface area contributed by atoms with Crippen molar-refractivity contribution in [3.05, 3.63) is 58.9 Å². The lowest BCUT2D eigenvalue weighted by atomic mass is 9.99. The zero-order valence-electron chi connectivity index (χ0n) is 12.1. The van der Waals surface area contributed by atoms with Crippen molar-refractivity contribution in [2.75, 3.05) is 0 Å². The molecule has 0 bridgehead atoms. The van der Waals surface area contributed by atoms with Crippen molar-refractivity contribution in [3.8, 4) is 11.8 Å². The van der Waals surface area contributed by atoms with Gasteiger partial charge in [0.05, 0.1) is 0 Å². The van der Waals surface area contributed by atoms with E-state index >= 15 is 0 Å². The van der Waals surface area contributed by atoms with Gasteiger partial charge in [0.25, 0.3) is 0 Å². The third kappa shape index (κ3) is 4.75. The lowest BCUT2D eigenvalue weighted by molar-refractivity contribution is 0.618. The fourth-order valence-electron chi connectivity index (χ4n) is 1.64. The first kappa shape index (κ1) is 15.2. The molecule has 1 aromatic rings. The molecular weight excluding hydrogens is 235 g/mol. The summed E-state index contributed by atoms with van der Waals surface area (Å²) in [7, 11) is 0. The highest BCUT2D eigenvalue weighted by Gasteiger charge is 2.01. The second kappa shape index (κ2) is 7.59. The van der Waals surface area contributed by atoms with E-state index in [1.807, 2.05) is 26.0 Å². The van der Waals surface area contributed by atoms with Crippen molar-refractivity contribution in [2.24, 2.45) is 5.92 Å². The van der Waals surface area contributed by atoms with E-state index in [0.717, 1.165) is 17.6 Å². The Hall–Kier alpha value is -1.81. The molecule has 1 aliphatic carbocycles. The number of rotatable bonds is 0. The van der Waals surface area contributed by atoms with Gasteiger partial charge in [-0.1, -0.05) is 56.9 Å². The Morgan fingerprint density at radius 3 is 2.53 bits per heavy atom. The molecule has 0 saturated carbocycles. The third-order valence-corrected chi connectivity index (χ3v) is 2.84. The first-order valence-electron chi connectivity index (χ1n) is 6.81. The standard InChI is InChI=1S/C16H15F.C2H6/c1-12-3-6-14(7-4-12)9-10-15-8-5-13(2)16(17)11-15;1-2/h3,5-8,11-12H,4H2,1-2H3;1-2H3. The molecule has 1 atom stereocenters. The van der Waals surface area contributed by atoms with Crippen molar-refractivity contribution < 1.29 is 4.39 Å². The van der Waals surface area contributed by atoms with Crippen molar-refractivity contribution >= 4 is 0 Å². The smallest absolute Gasteiger partial charge is 0.127 e. The van der Waals surface area contributed by atoms with Crippen LogP contribution in [0.2, 0.25) is 0 Å². The van der Waals surface area contributed by atoms with Crippen LogP contribution in [0.3, 0.4) is 0 Å². The Morgan fingerprint density at radius 2 is 1.95 bits per heavy atom. The SMILES string of the molecule is CC.Cc1ccc(C#CC2=CCC(C)C=C2)cc1F. The fraction of sp³-hybridized carbons (Fsp3) is 0.333. The minimum absolute atomic E-state index is 0.196. The lowest BCUT2D eigenvalue weighted by Crippen LogP contribution is -1.92. The molecule has 0 amide bonds. The predicted octanol–water partition coefficient (Wildman–Crippen LogP) is 5.03.